The Morgan fingerprint density at radius 1 is 0.314 bits per heavy atom. The van der Waals surface area contributed by atoms with Crippen molar-refractivity contribution in [3.05, 3.63) is 181 Å². The van der Waals surface area contributed by atoms with E-state index in [1.165, 1.54) is 0 Å². The zero-order chi connectivity index (χ0) is 59.6. The van der Waals surface area contributed by atoms with E-state index < -0.39 is 290 Å². The van der Waals surface area contributed by atoms with Crippen LogP contribution in [0.3, 0.4) is 0 Å². The van der Waals surface area contributed by atoms with E-state index in [2.05, 4.69) is 0 Å². The van der Waals surface area contributed by atoms with E-state index in [4.69, 9.17) is 30.5 Å². The van der Waals surface area contributed by atoms with Crippen LogP contribution >= 0.6 is 0 Å². The van der Waals surface area contributed by atoms with Gasteiger partial charge in [0.1, 0.15) is 11.2 Å². The lowest BCUT2D eigenvalue weighted by Crippen LogP contribution is -1.91. The summed E-state index contributed by atoms with van der Waals surface area (Å²) >= 11 is 0. The molecule has 0 unspecified atom stereocenters. The molecule has 51 heavy (non-hydrogen) atoms. The molecule has 0 bridgehead atoms. The quantitative estimate of drug-likeness (QED) is 0.134. The summed E-state index contributed by atoms with van der Waals surface area (Å²) in [5.74, 6) is 0. The van der Waals surface area contributed by atoms with Gasteiger partial charge in [0.05, 0.1) is 41.1 Å². The van der Waals surface area contributed by atoms with Gasteiger partial charge in [0, 0.05) is 16.2 Å². The molecular formula is C50H30O. The van der Waals surface area contributed by atoms with Gasteiger partial charge in [-0.1, -0.05) is 169 Å². The van der Waals surface area contributed by atoms with Crippen LogP contribution < -0.4 is 0 Å². The molecular weight excluding hydrogens is 617 g/mol. The highest BCUT2D eigenvalue weighted by Gasteiger charge is 2.21. The van der Waals surface area contributed by atoms with Gasteiger partial charge in [-0.05, 0) is 93.9 Å². The molecule has 0 radical (unpaired) electrons. The third-order valence-electron chi connectivity index (χ3n) is 8.62. The number of benzene rings is 10. The topological polar surface area (TPSA) is 13.1 Å². The fourth-order valence-electron chi connectivity index (χ4n) is 6.47. The summed E-state index contributed by atoms with van der Waals surface area (Å²) in [6.07, 6.45) is 0. The van der Waals surface area contributed by atoms with Crippen LogP contribution in [0.2, 0.25) is 0 Å². The smallest absolute Gasteiger partial charge is 0.143 e. The van der Waals surface area contributed by atoms with Crippen LogP contribution in [0, 0.1) is 0 Å². The second-order valence-corrected chi connectivity index (χ2v) is 11.3. The Morgan fingerprint density at radius 2 is 0.824 bits per heavy atom. The molecule has 1 heteroatoms. The minimum atomic E-state index is -1.15. The molecule has 0 atom stereocenters. The summed E-state index contributed by atoms with van der Waals surface area (Å²) in [6, 6.07) is -28.2. The number of furan rings is 1. The Balaban J connectivity index is 1.39. The van der Waals surface area contributed by atoms with E-state index >= 15 is 0 Å². The minimum absolute atomic E-state index is 0.474. The van der Waals surface area contributed by atoms with Crippen molar-refractivity contribution in [1.82, 2.24) is 0 Å². The fourth-order valence-corrected chi connectivity index (χ4v) is 6.47. The lowest BCUT2D eigenvalue weighted by atomic mass is 9.84. The Bertz CT molecular complexity index is 4820. The normalized spacial score (nSPS) is 20.2. The SMILES string of the molecule is [2H]c1c([2H])c(-c2c([2H])c([2H])c([2H])c3c2c([2H])c([2H])c2c([2H])c([2H])c([2H])c([2H])c23)c([2H])c([2H])c1-c1c2c([2H])c([2H])c([2H])c([2H])c2c(-c2c([2H])c([2H])c([2H])c3oc4c5c([2H])c([2H])c([2H])c([2H])c5c([2H])c([2H])c4c23)c2c([2H])c([2H])c([2H])c([2H])c12. The first-order valence-corrected chi connectivity index (χ1v) is 15.2. The fraction of sp³-hybridized carbons (Fsp3) is 0. The van der Waals surface area contributed by atoms with Crippen molar-refractivity contribution in [3.63, 3.8) is 0 Å². The van der Waals surface area contributed by atoms with Crippen LogP contribution in [0.25, 0.3) is 109 Å². The average Bonchev–Trinajstić information content (AvgIpc) is 3.15. The van der Waals surface area contributed by atoms with E-state index in [0.717, 1.165) is 0 Å². The molecule has 0 N–H and O–H groups in total. The first-order valence-electron chi connectivity index (χ1n) is 30.2. The maximum atomic E-state index is 9.73. The van der Waals surface area contributed by atoms with E-state index in [1.54, 1.807) is 0 Å². The largest absolute Gasteiger partial charge is 0.455 e. The second kappa shape index (κ2) is 10.9. The predicted molar refractivity (Wildman–Crippen MR) is 218 cm³/mol. The first kappa shape index (κ1) is 11.7. The zero-order valence-electron chi connectivity index (χ0n) is 55.4. The van der Waals surface area contributed by atoms with Gasteiger partial charge in [-0.2, -0.15) is 0 Å². The molecule has 0 saturated carbocycles. The van der Waals surface area contributed by atoms with Crippen molar-refractivity contribution in [1.29, 1.82) is 0 Å². The molecule has 236 valence electrons. The van der Waals surface area contributed by atoms with E-state index in [9.17, 15) is 15.1 Å². The summed E-state index contributed by atoms with van der Waals surface area (Å²) in [6.45, 7) is 0. The summed E-state index contributed by atoms with van der Waals surface area (Å²) in [5, 5.41) is -7.46. The van der Waals surface area contributed by atoms with Gasteiger partial charge in [0.15, 0.2) is 0 Å². The summed E-state index contributed by atoms with van der Waals surface area (Å²) in [7, 11) is 0. The Labute approximate surface area is 336 Å². The molecule has 0 aliphatic carbocycles. The lowest BCUT2D eigenvalue weighted by Gasteiger charge is -2.18. The molecule has 0 spiro atoms. The standard InChI is InChI=1S/C50H30O/c1-3-13-35-31(11-1)27-29-39-36(19-9-20-38(35)39)33-23-25-34(26-24-33)47-40-15-5-7-17-42(40)48(43-18-8-6-16-41(43)47)44-21-10-22-46-49(44)45-30-28-32-12-2-4-14-37(32)50(45)51-46/h1-30H/i1D,2D,3D,4D,5D,6D,7D,8D,9D,10D,11D,12D,13D,14D,15D,16D,17D,18D,19D,20D,21D,22D,23D,24D,25D,26D,27D,28D,29D,30D. The highest BCUT2D eigenvalue weighted by molar-refractivity contribution is 6.27. The average molecular weight is 677 g/mol. The molecule has 0 amide bonds. The second-order valence-electron chi connectivity index (χ2n) is 11.3. The molecule has 1 heterocycles. The van der Waals surface area contributed by atoms with Gasteiger partial charge in [-0.3, -0.25) is 0 Å². The Kier molecular flexibility index (Phi) is 2.50. The highest BCUT2D eigenvalue weighted by atomic mass is 16.3. The third-order valence-corrected chi connectivity index (χ3v) is 8.62. The van der Waals surface area contributed by atoms with Gasteiger partial charge in [0.25, 0.3) is 0 Å². The summed E-state index contributed by atoms with van der Waals surface area (Å²) in [4.78, 5) is 0. The van der Waals surface area contributed by atoms with Crippen LogP contribution in [-0.2, 0) is 0 Å². The molecule has 0 aliphatic rings. The Hall–Kier alpha value is -6.70. The maximum Gasteiger partial charge on any atom is 0.143 e. The summed E-state index contributed by atoms with van der Waals surface area (Å²) in [5.41, 5.74) is -6.02. The molecule has 10 aromatic carbocycles. The maximum absolute atomic E-state index is 9.73. The lowest BCUT2D eigenvalue weighted by molar-refractivity contribution is 0.673. The van der Waals surface area contributed by atoms with Gasteiger partial charge in [-0.15, -0.1) is 0 Å². The van der Waals surface area contributed by atoms with Crippen molar-refractivity contribution in [2.75, 3.05) is 0 Å². The van der Waals surface area contributed by atoms with Gasteiger partial charge < -0.3 is 4.42 Å². The van der Waals surface area contributed by atoms with Gasteiger partial charge in [-0.25, -0.2) is 0 Å². The number of hydrogen-bond acceptors (Lipinski definition) is 1. The number of fused-ring (bicyclic) bond motifs is 10. The zero-order valence-corrected chi connectivity index (χ0v) is 25.4. The molecule has 1 nitrogen and oxygen atoms in total. The van der Waals surface area contributed by atoms with Crippen molar-refractivity contribution >= 4 is 75.8 Å². The molecule has 0 aliphatic heterocycles. The van der Waals surface area contributed by atoms with Gasteiger partial charge in [0.2, 0.25) is 0 Å². The Morgan fingerprint density at radius 3 is 1.53 bits per heavy atom. The van der Waals surface area contributed by atoms with E-state index in [1.807, 2.05) is 0 Å². The predicted octanol–water partition coefficient (Wildman–Crippen LogP) is 14.4. The first-order chi connectivity index (χ1) is 37.8. The number of hydrogen-bond donors (Lipinski definition) is 0. The molecule has 1 aromatic heterocycles. The van der Waals surface area contributed by atoms with Crippen LogP contribution in [0.5, 0.6) is 0 Å². The monoisotopic (exact) mass is 676 g/mol. The highest BCUT2D eigenvalue weighted by Crippen LogP contribution is 2.47. The molecule has 11 aromatic rings. The molecule has 11 rings (SSSR count). The molecule has 0 saturated heterocycles. The van der Waals surface area contributed by atoms with Crippen molar-refractivity contribution in [2.45, 2.75) is 0 Å². The summed E-state index contributed by atoms with van der Waals surface area (Å²) < 4.78 is 279. The van der Waals surface area contributed by atoms with E-state index in [0.29, 0.717) is 0 Å². The van der Waals surface area contributed by atoms with Crippen LogP contribution in [0.4, 0.5) is 0 Å². The van der Waals surface area contributed by atoms with E-state index in [-0.39, 0.29) is 0 Å². The third kappa shape index (κ3) is 4.16. The van der Waals surface area contributed by atoms with Crippen molar-refractivity contribution < 1.29 is 45.5 Å². The van der Waals surface area contributed by atoms with Crippen LogP contribution in [0.15, 0.2) is 186 Å². The number of rotatable bonds is 3. The molecule has 0 fully saturated rings. The van der Waals surface area contributed by atoms with Crippen molar-refractivity contribution in [2.24, 2.45) is 0 Å². The van der Waals surface area contributed by atoms with Gasteiger partial charge >= 0.3 is 0 Å². The van der Waals surface area contributed by atoms with Crippen LogP contribution in [-0.4, -0.2) is 0 Å². The van der Waals surface area contributed by atoms with Crippen molar-refractivity contribution in [3.8, 4) is 33.4 Å². The minimum Gasteiger partial charge on any atom is -0.455 e. The van der Waals surface area contributed by atoms with Crippen LogP contribution in [0.1, 0.15) is 41.1 Å².